The fourth-order valence-corrected chi connectivity index (χ4v) is 2.87. The van der Waals surface area contributed by atoms with Crippen LogP contribution in [0.15, 0.2) is 0 Å². The van der Waals surface area contributed by atoms with Crippen molar-refractivity contribution in [2.75, 3.05) is 30.8 Å². The number of sulfonamides is 1. The van der Waals surface area contributed by atoms with E-state index in [4.69, 9.17) is 0 Å². The first-order valence-corrected chi connectivity index (χ1v) is 8.56. The van der Waals surface area contributed by atoms with Crippen molar-refractivity contribution in [3.05, 3.63) is 0 Å². The summed E-state index contributed by atoms with van der Waals surface area (Å²) in [5.41, 5.74) is 0. The highest BCUT2D eigenvalue weighted by Crippen LogP contribution is 2.15. The highest BCUT2D eigenvalue weighted by atomic mass is 79.9. The Bertz CT molecular complexity index is 287. The zero-order valence-corrected chi connectivity index (χ0v) is 12.2. The predicted octanol–water partition coefficient (Wildman–Crippen LogP) is 1.38. The van der Waals surface area contributed by atoms with Crippen LogP contribution in [0.3, 0.4) is 0 Å². The van der Waals surface area contributed by atoms with Gasteiger partial charge in [-0.05, 0) is 44.8 Å². The van der Waals surface area contributed by atoms with Crippen LogP contribution in [0.2, 0.25) is 0 Å². The second kappa shape index (κ2) is 6.93. The molecule has 16 heavy (non-hydrogen) atoms. The average Bonchev–Trinajstić information content (AvgIpc) is 2.27. The monoisotopic (exact) mass is 312 g/mol. The Morgan fingerprint density at radius 3 is 2.56 bits per heavy atom. The van der Waals surface area contributed by atoms with Crippen molar-refractivity contribution in [2.45, 2.75) is 26.2 Å². The SMILES string of the molecule is CC1CCN(CCCNS(=O)(=O)CBr)CC1. The van der Waals surface area contributed by atoms with E-state index in [1.165, 1.54) is 12.8 Å². The number of nitrogens with zero attached hydrogens (tertiary/aromatic N) is 1. The van der Waals surface area contributed by atoms with Crippen LogP contribution in [0.1, 0.15) is 26.2 Å². The lowest BCUT2D eigenvalue weighted by Crippen LogP contribution is -2.35. The van der Waals surface area contributed by atoms with Gasteiger partial charge in [-0.1, -0.05) is 22.9 Å². The van der Waals surface area contributed by atoms with Gasteiger partial charge in [-0.25, -0.2) is 13.1 Å². The van der Waals surface area contributed by atoms with E-state index in [0.29, 0.717) is 6.54 Å². The van der Waals surface area contributed by atoms with E-state index in [1.54, 1.807) is 0 Å². The van der Waals surface area contributed by atoms with Crippen LogP contribution < -0.4 is 4.72 Å². The van der Waals surface area contributed by atoms with E-state index < -0.39 is 10.0 Å². The minimum Gasteiger partial charge on any atom is -0.303 e. The predicted molar refractivity (Wildman–Crippen MR) is 70.2 cm³/mol. The molecule has 96 valence electrons. The van der Waals surface area contributed by atoms with Crippen molar-refractivity contribution < 1.29 is 8.42 Å². The quantitative estimate of drug-likeness (QED) is 0.595. The second-order valence-electron chi connectivity index (χ2n) is 4.50. The molecule has 1 fully saturated rings. The highest BCUT2D eigenvalue weighted by molar-refractivity contribution is 9.10. The molecule has 1 aliphatic heterocycles. The number of nitrogens with one attached hydrogen (secondary N) is 1. The Labute approximate surface area is 107 Å². The van der Waals surface area contributed by atoms with E-state index in [-0.39, 0.29) is 4.66 Å². The van der Waals surface area contributed by atoms with Crippen molar-refractivity contribution in [3.8, 4) is 0 Å². The molecular formula is C10H21BrN2O2S. The first-order valence-electron chi connectivity index (χ1n) is 5.79. The summed E-state index contributed by atoms with van der Waals surface area (Å²) in [6.07, 6.45) is 3.43. The Hall–Kier alpha value is 0.350. The van der Waals surface area contributed by atoms with Crippen LogP contribution in [0.5, 0.6) is 0 Å². The van der Waals surface area contributed by atoms with Gasteiger partial charge in [0.1, 0.15) is 4.66 Å². The molecule has 0 aliphatic carbocycles. The number of halogens is 1. The number of hydrogen-bond acceptors (Lipinski definition) is 3. The number of alkyl halides is 1. The molecular weight excluding hydrogens is 292 g/mol. The van der Waals surface area contributed by atoms with Gasteiger partial charge in [0.05, 0.1) is 0 Å². The highest BCUT2D eigenvalue weighted by Gasteiger charge is 2.15. The first-order chi connectivity index (χ1) is 7.53. The molecule has 0 atom stereocenters. The van der Waals surface area contributed by atoms with Gasteiger partial charge in [-0.3, -0.25) is 0 Å². The topological polar surface area (TPSA) is 49.4 Å². The summed E-state index contributed by atoms with van der Waals surface area (Å²) in [5, 5.41) is 0. The lowest BCUT2D eigenvalue weighted by atomic mass is 9.99. The van der Waals surface area contributed by atoms with Crippen LogP contribution in [0, 0.1) is 5.92 Å². The Morgan fingerprint density at radius 2 is 2.00 bits per heavy atom. The zero-order valence-electron chi connectivity index (χ0n) is 9.78. The van der Waals surface area contributed by atoms with Gasteiger partial charge in [-0.15, -0.1) is 0 Å². The van der Waals surface area contributed by atoms with E-state index >= 15 is 0 Å². The van der Waals surface area contributed by atoms with Crippen molar-refractivity contribution in [3.63, 3.8) is 0 Å². The van der Waals surface area contributed by atoms with Gasteiger partial charge in [-0.2, -0.15) is 0 Å². The third-order valence-electron chi connectivity index (χ3n) is 2.99. The van der Waals surface area contributed by atoms with Crippen LogP contribution in [0.4, 0.5) is 0 Å². The van der Waals surface area contributed by atoms with E-state index in [9.17, 15) is 8.42 Å². The molecule has 4 nitrogen and oxygen atoms in total. The number of rotatable bonds is 6. The molecule has 1 rings (SSSR count). The Balaban J connectivity index is 2.08. The van der Waals surface area contributed by atoms with Crippen LogP contribution >= 0.6 is 15.9 Å². The number of piperidine rings is 1. The molecule has 1 aliphatic rings. The molecule has 0 aromatic heterocycles. The molecule has 6 heteroatoms. The zero-order chi connectivity index (χ0) is 12.0. The molecule has 0 aromatic carbocycles. The molecule has 1 N–H and O–H groups in total. The minimum atomic E-state index is -3.08. The largest absolute Gasteiger partial charge is 0.303 e. The molecule has 0 radical (unpaired) electrons. The van der Waals surface area contributed by atoms with Crippen molar-refractivity contribution in [1.82, 2.24) is 9.62 Å². The van der Waals surface area contributed by atoms with Crippen molar-refractivity contribution in [1.29, 1.82) is 0 Å². The third kappa shape index (κ3) is 5.61. The second-order valence-corrected chi connectivity index (χ2v) is 7.61. The lowest BCUT2D eigenvalue weighted by molar-refractivity contribution is 0.191. The minimum absolute atomic E-state index is 0.0127. The van der Waals surface area contributed by atoms with Gasteiger partial charge in [0.25, 0.3) is 0 Å². The maximum absolute atomic E-state index is 11.1. The maximum Gasteiger partial charge on any atom is 0.221 e. The molecule has 0 spiro atoms. The van der Waals surface area contributed by atoms with Crippen LogP contribution in [-0.2, 0) is 10.0 Å². The summed E-state index contributed by atoms with van der Waals surface area (Å²) < 4.78 is 24.8. The summed E-state index contributed by atoms with van der Waals surface area (Å²) in [6.45, 7) is 6.15. The van der Waals surface area contributed by atoms with Crippen LogP contribution in [-0.4, -0.2) is 44.2 Å². The summed E-state index contributed by atoms with van der Waals surface area (Å²) >= 11 is 2.95. The fraction of sp³-hybridized carbons (Fsp3) is 1.00. The summed E-state index contributed by atoms with van der Waals surface area (Å²) in [7, 11) is -3.08. The fourth-order valence-electron chi connectivity index (χ4n) is 1.85. The summed E-state index contributed by atoms with van der Waals surface area (Å²) in [5.74, 6) is 0.850. The third-order valence-corrected chi connectivity index (χ3v) is 5.73. The average molecular weight is 313 g/mol. The standard InChI is InChI=1S/C10H21BrN2O2S/c1-10-3-7-13(8-4-10)6-2-5-12-16(14,15)9-11/h10,12H,2-9H2,1H3. The van der Waals surface area contributed by atoms with Crippen molar-refractivity contribution >= 4 is 26.0 Å². The van der Waals surface area contributed by atoms with E-state index in [2.05, 4.69) is 32.5 Å². The van der Waals surface area contributed by atoms with Gasteiger partial charge in [0.2, 0.25) is 10.0 Å². The molecule has 1 saturated heterocycles. The summed E-state index contributed by atoms with van der Waals surface area (Å²) in [6, 6.07) is 0. The van der Waals surface area contributed by atoms with Crippen LogP contribution in [0.25, 0.3) is 0 Å². The Kier molecular flexibility index (Phi) is 6.25. The molecule has 1 heterocycles. The van der Waals surface area contributed by atoms with Crippen molar-refractivity contribution in [2.24, 2.45) is 5.92 Å². The Morgan fingerprint density at radius 1 is 1.38 bits per heavy atom. The molecule has 0 unspecified atom stereocenters. The van der Waals surface area contributed by atoms with Gasteiger partial charge < -0.3 is 4.90 Å². The van der Waals surface area contributed by atoms with E-state index in [1.807, 2.05) is 0 Å². The first kappa shape index (κ1) is 14.4. The maximum atomic E-state index is 11.1. The molecule has 0 saturated carbocycles. The molecule has 0 aromatic rings. The molecule has 0 bridgehead atoms. The smallest absolute Gasteiger partial charge is 0.221 e. The molecule has 0 amide bonds. The van der Waals surface area contributed by atoms with Gasteiger partial charge in [0.15, 0.2) is 0 Å². The number of hydrogen-bond donors (Lipinski definition) is 1. The van der Waals surface area contributed by atoms with E-state index in [0.717, 1.165) is 32.0 Å². The van der Waals surface area contributed by atoms with Gasteiger partial charge >= 0.3 is 0 Å². The normalized spacial score (nSPS) is 20.1. The summed E-state index contributed by atoms with van der Waals surface area (Å²) in [4.78, 5) is 2.42. The van der Waals surface area contributed by atoms with Gasteiger partial charge in [0, 0.05) is 6.54 Å². The lowest BCUT2D eigenvalue weighted by Gasteiger charge is -2.30. The number of likely N-dealkylation sites (tertiary alicyclic amines) is 1.